The number of ether oxygens (including phenoxy) is 2. The van der Waals surface area contributed by atoms with E-state index in [2.05, 4.69) is 17.1 Å². The van der Waals surface area contributed by atoms with Crippen LogP contribution in [0.3, 0.4) is 0 Å². The van der Waals surface area contributed by atoms with Crippen molar-refractivity contribution in [1.29, 1.82) is 0 Å². The zero-order chi connectivity index (χ0) is 12.8. The molecule has 0 aromatic heterocycles. The molecule has 3 atom stereocenters. The number of rotatable bonds is 6. The van der Waals surface area contributed by atoms with Crippen LogP contribution in [-0.2, 0) is 9.47 Å². The number of nitrogens with one attached hydrogen (secondary N) is 1. The molecule has 0 radical (unpaired) electrons. The Labute approximate surface area is 111 Å². The zero-order valence-electron chi connectivity index (χ0n) is 11.9. The maximum absolute atomic E-state index is 5.64. The van der Waals surface area contributed by atoms with Crippen molar-refractivity contribution in [3.63, 3.8) is 0 Å². The Balaban J connectivity index is 1.76. The van der Waals surface area contributed by atoms with Gasteiger partial charge in [0.15, 0.2) is 0 Å². The highest BCUT2D eigenvalue weighted by Crippen LogP contribution is 2.19. The van der Waals surface area contributed by atoms with E-state index in [0.29, 0.717) is 18.1 Å². The molecule has 2 rings (SSSR count). The van der Waals surface area contributed by atoms with Crippen LogP contribution in [0.4, 0.5) is 0 Å². The maximum Gasteiger partial charge on any atom is 0.0698 e. The number of methoxy groups -OCH3 is 1. The molecule has 0 spiro atoms. The van der Waals surface area contributed by atoms with Gasteiger partial charge in [-0.25, -0.2) is 0 Å². The summed E-state index contributed by atoms with van der Waals surface area (Å²) in [4.78, 5) is 2.55. The summed E-state index contributed by atoms with van der Waals surface area (Å²) in [7, 11) is 1.83. The third-order valence-corrected chi connectivity index (χ3v) is 4.14. The molecule has 0 bridgehead atoms. The second kappa shape index (κ2) is 7.43. The van der Waals surface area contributed by atoms with Gasteiger partial charge in [0.1, 0.15) is 0 Å². The van der Waals surface area contributed by atoms with E-state index in [0.717, 1.165) is 32.8 Å². The molecule has 2 aliphatic heterocycles. The molecule has 2 heterocycles. The number of piperidine rings is 1. The molecule has 0 aromatic carbocycles. The molecule has 2 fully saturated rings. The minimum atomic E-state index is 0.433. The lowest BCUT2D eigenvalue weighted by atomic mass is 10.0. The molecular weight excluding hydrogens is 228 g/mol. The van der Waals surface area contributed by atoms with Gasteiger partial charge < -0.3 is 19.7 Å². The first-order chi connectivity index (χ1) is 8.83. The third kappa shape index (κ3) is 3.92. The average Bonchev–Trinajstić information content (AvgIpc) is 2.84. The predicted octanol–water partition coefficient (Wildman–Crippen LogP) is 1.11. The van der Waals surface area contributed by atoms with Crippen molar-refractivity contribution in [3.8, 4) is 0 Å². The van der Waals surface area contributed by atoms with Crippen molar-refractivity contribution in [2.45, 2.75) is 38.3 Å². The van der Waals surface area contributed by atoms with Gasteiger partial charge in [0.2, 0.25) is 0 Å². The summed E-state index contributed by atoms with van der Waals surface area (Å²) in [6.45, 7) is 8.57. The molecule has 4 nitrogen and oxygen atoms in total. The van der Waals surface area contributed by atoms with Crippen LogP contribution in [0.25, 0.3) is 0 Å². The standard InChI is InChI=1S/C14H28N2O2/c1-3-6-15-14-11-18-10-12(14)8-16-7-4-5-13(9-16)17-2/h12-15H,3-11H2,1-2H3. The second-order valence-corrected chi connectivity index (χ2v) is 5.62. The Morgan fingerprint density at radius 2 is 2.28 bits per heavy atom. The van der Waals surface area contributed by atoms with E-state index in [-0.39, 0.29) is 0 Å². The van der Waals surface area contributed by atoms with E-state index in [1.807, 2.05) is 7.11 Å². The summed E-state index contributed by atoms with van der Waals surface area (Å²) in [5, 5.41) is 3.61. The lowest BCUT2D eigenvalue weighted by Gasteiger charge is -2.34. The first-order valence-electron chi connectivity index (χ1n) is 7.39. The summed E-state index contributed by atoms with van der Waals surface area (Å²) < 4.78 is 11.1. The molecule has 0 aliphatic carbocycles. The summed E-state index contributed by atoms with van der Waals surface area (Å²) in [6.07, 6.45) is 4.10. The zero-order valence-corrected chi connectivity index (χ0v) is 11.9. The summed E-state index contributed by atoms with van der Waals surface area (Å²) in [5.41, 5.74) is 0. The Kier molecular flexibility index (Phi) is 5.89. The largest absolute Gasteiger partial charge is 0.380 e. The summed E-state index contributed by atoms with van der Waals surface area (Å²) in [6, 6.07) is 0.549. The number of nitrogens with zero attached hydrogens (tertiary/aromatic N) is 1. The summed E-state index contributed by atoms with van der Waals surface area (Å²) >= 11 is 0. The minimum Gasteiger partial charge on any atom is -0.380 e. The highest BCUT2D eigenvalue weighted by atomic mass is 16.5. The average molecular weight is 256 g/mol. The van der Waals surface area contributed by atoms with Crippen LogP contribution in [0.1, 0.15) is 26.2 Å². The molecule has 0 aromatic rings. The van der Waals surface area contributed by atoms with Gasteiger partial charge in [-0.05, 0) is 32.4 Å². The molecule has 3 unspecified atom stereocenters. The first kappa shape index (κ1) is 14.3. The van der Waals surface area contributed by atoms with Crippen LogP contribution >= 0.6 is 0 Å². The predicted molar refractivity (Wildman–Crippen MR) is 72.9 cm³/mol. The SMILES string of the molecule is CCCNC1COCC1CN1CCCC(OC)C1. The number of hydrogen-bond donors (Lipinski definition) is 1. The van der Waals surface area contributed by atoms with E-state index >= 15 is 0 Å². The molecule has 106 valence electrons. The fourth-order valence-corrected chi connectivity index (χ4v) is 3.04. The molecule has 0 amide bonds. The maximum atomic E-state index is 5.64. The van der Waals surface area contributed by atoms with Gasteiger partial charge in [-0.1, -0.05) is 6.92 Å². The number of likely N-dealkylation sites (tertiary alicyclic amines) is 1. The van der Waals surface area contributed by atoms with Crippen molar-refractivity contribution < 1.29 is 9.47 Å². The van der Waals surface area contributed by atoms with Crippen LogP contribution in [-0.4, -0.2) is 63.5 Å². The van der Waals surface area contributed by atoms with E-state index in [4.69, 9.17) is 9.47 Å². The van der Waals surface area contributed by atoms with Crippen LogP contribution in [0.5, 0.6) is 0 Å². The Morgan fingerprint density at radius 3 is 3.06 bits per heavy atom. The van der Waals surface area contributed by atoms with Gasteiger partial charge in [-0.3, -0.25) is 0 Å². The molecular formula is C14H28N2O2. The van der Waals surface area contributed by atoms with Crippen molar-refractivity contribution in [2.75, 3.05) is 46.5 Å². The minimum absolute atomic E-state index is 0.433. The van der Waals surface area contributed by atoms with E-state index in [1.165, 1.54) is 25.8 Å². The quantitative estimate of drug-likeness (QED) is 0.772. The van der Waals surface area contributed by atoms with Gasteiger partial charge in [0.25, 0.3) is 0 Å². The van der Waals surface area contributed by atoms with Gasteiger partial charge in [0, 0.05) is 32.2 Å². The molecule has 1 N–H and O–H groups in total. The van der Waals surface area contributed by atoms with Gasteiger partial charge in [-0.2, -0.15) is 0 Å². The van der Waals surface area contributed by atoms with Crippen LogP contribution in [0.2, 0.25) is 0 Å². The molecule has 2 saturated heterocycles. The van der Waals surface area contributed by atoms with Crippen molar-refractivity contribution in [2.24, 2.45) is 5.92 Å². The van der Waals surface area contributed by atoms with Crippen molar-refractivity contribution >= 4 is 0 Å². The lowest BCUT2D eigenvalue weighted by molar-refractivity contribution is 0.0242. The Morgan fingerprint density at radius 1 is 1.39 bits per heavy atom. The molecule has 4 heteroatoms. The van der Waals surface area contributed by atoms with Crippen LogP contribution < -0.4 is 5.32 Å². The fraction of sp³-hybridized carbons (Fsp3) is 1.00. The normalized spacial score (nSPS) is 34.0. The van der Waals surface area contributed by atoms with Crippen molar-refractivity contribution in [1.82, 2.24) is 10.2 Å². The fourth-order valence-electron chi connectivity index (χ4n) is 3.04. The van der Waals surface area contributed by atoms with E-state index in [9.17, 15) is 0 Å². The first-order valence-corrected chi connectivity index (χ1v) is 7.39. The lowest BCUT2D eigenvalue weighted by Crippen LogP contribution is -2.46. The van der Waals surface area contributed by atoms with Gasteiger partial charge in [0.05, 0.1) is 19.3 Å². The second-order valence-electron chi connectivity index (χ2n) is 5.62. The van der Waals surface area contributed by atoms with E-state index < -0.39 is 0 Å². The number of hydrogen-bond acceptors (Lipinski definition) is 4. The van der Waals surface area contributed by atoms with Gasteiger partial charge >= 0.3 is 0 Å². The van der Waals surface area contributed by atoms with E-state index in [1.54, 1.807) is 0 Å². The highest BCUT2D eigenvalue weighted by Gasteiger charge is 2.30. The Bertz CT molecular complexity index is 238. The topological polar surface area (TPSA) is 33.7 Å². The smallest absolute Gasteiger partial charge is 0.0698 e. The molecule has 2 aliphatic rings. The summed E-state index contributed by atoms with van der Waals surface area (Å²) in [5.74, 6) is 0.646. The van der Waals surface area contributed by atoms with Crippen molar-refractivity contribution in [3.05, 3.63) is 0 Å². The van der Waals surface area contributed by atoms with Crippen LogP contribution in [0, 0.1) is 5.92 Å². The monoisotopic (exact) mass is 256 g/mol. The van der Waals surface area contributed by atoms with Gasteiger partial charge in [-0.15, -0.1) is 0 Å². The third-order valence-electron chi connectivity index (χ3n) is 4.14. The van der Waals surface area contributed by atoms with Crippen LogP contribution in [0.15, 0.2) is 0 Å². The highest BCUT2D eigenvalue weighted by molar-refractivity contribution is 4.85. The Hall–Kier alpha value is -0.160. The molecule has 0 saturated carbocycles. The molecule has 18 heavy (non-hydrogen) atoms.